The predicted octanol–water partition coefficient (Wildman–Crippen LogP) is 3.57. The van der Waals surface area contributed by atoms with Crippen LogP contribution in [0.2, 0.25) is 0 Å². The average Bonchev–Trinajstić information content (AvgIpc) is 3.25. The molecule has 1 aliphatic carbocycles. The smallest absolute Gasteiger partial charge is 0.355 e. The molecule has 2 aromatic rings. The molecule has 1 heterocycles. The number of amides is 1. The fourth-order valence-electron chi connectivity index (χ4n) is 2.96. The Morgan fingerprint density at radius 1 is 1.15 bits per heavy atom. The second-order valence-electron chi connectivity index (χ2n) is 6.25. The van der Waals surface area contributed by atoms with Gasteiger partial charge in [0.15, 0.2) is 0 Å². The van der Waals surface area contributed by atoms with Crippen LogP contribution >= 0.6 is 0 Å². The Balaban J connectivity index is 1.56. The molecule has 0 saturated heterocycles. The van der Waals surface area contributed by atoms with Crippen molar-refractivity contribution in [3.63, 3.8) is 0 Å². The van der Waals surface area contributed by atoms with E-state index in [1.165, 1.54) is 6.92 Å². The number of alkyl halides is 3. The molecule has 1 atom stereocenters. The minimum Gasteiger partial charge on any atom is -0.355 e. The lowest BCUT2D eigenvalue weighted by Gasteiger charge is -2.09. The first-order chi connectivity index (χ1) is 12.3. The van der Waals surface area contributed by atoms with Crippen LogP contribution in [0.5, 0.6) is 0 Å². The molecule has 0 aliphatic heterocycles. The van der Waals surface area contributed by atoms with Crippen molar-refractivity contribution < 1.29 is 18.0 Å². The van der Waals surface area contributed by atoms with Gasteiger partial charge >= 0.3 is 6.18 Å². The number of nitrogens with zero attached hydrogens (tertiary/aromatic N) is 2. The van der Waals surface area contributed by atoms with Gasteiger partial charge in [-0.15, -0.1) is 0 Å². The lowest BCUT2D eigenvalue weighted by molar-refractivity contribution is -0.141. The maximum Gasteiger partial charge on any atom is 0.433 e. The van der Waals surface area contributed by atoms with Crippen LogP contribution in [-0.4, -0.2) is 22.4 Å². The SMILES string of the molecule is CC1=C(c2ccccc2)[C@@H]1C(=O)NCCc1nc(C)cc(C(F)(F)F)n1. The molecular weight excluding hydrogens is 343 g/mol. The Kier molecular flexibility index (Phi) is 4.80. The number of aromatic nitrogens is 2. The summed E-state index contributed by atoms with van der Waals surface area (Å²) in [6.45, 7) is 3.58. The van der Waals surface area contributed by atoms with E-state index in [1.54, 1.807) is 0 Å². The maximum absolute atomic E-state index is 12.8. The van der Waals surface area contributed by atoms with Gasteiger partial charge in [0.2, 0.25) is 5.91 Å². The molecule has 3 rings (SSSR count). The first-order valence-electron chi connectivity index (χ1n) is 8.23. The Labute approximate surface area is 149 Å². The first-order valence-corrected chi connectivity index (χ1v) is 8.23. The zero-order valence-electron chi connectivity index (χ0n) is 14.4. The molecule has 0 fully saturated rings. The molecule has 1 amide bonds. The molecule has 0 spiro atoms. The van der Waals surface area contributed by atoms with E-state index in [4.69, 9.17) is 0 Å². The van der Waals surface area contributed by atoms with Crippen LogP contribution in [0.15, 0.2) is 42.0 Å². The number of rotatable bonds is 5. The van der Waals surface area contributed by atoms with Crippen molar-refractivity contribution in [2.45, 2.75) is 26.4 Å². The van der Waals surface area contributed by atoms with E-state index < -0.39 is 11.9 Å². The Morgan fingerprint density at radius 3 is 2.50 bits per heavy atom. The maximum atomic E-state index is 12.8. The number of aryl methyl sites for hydroxylation is 1. The third-order valence-corrected chi connectivity index (χ3v) is 4.25. The normalized spacial score (nSPS) is 16.6. The summed E-state index contributed by atoms with van der Waals surface area (Å²) in [5.74, 6) is -0.340. The third-order valence-electron chi connectivity index (χ3n) is 4.25. The number of carbonyl (C=O) groups excluding carboxylic acids is 1. The number of carbonyl (C=O) groups is 1. The Hall–Kier alpha value is -2.70. The number of hydrogen-bond donors (Lipinski definition) is 1. The van der Waals surface area contributed by atoms with Gasteiger partial charge in [0, 0.05) is 18.7 Å². The minimum absolute atomic E-state index is 0.0707. The van der Waals surface area contributed by atoms with Gasteiger partial charge in [-0.1, -0.05) is 35.9 Å². The van der Waals surface area contributed by atoms with Crippen molar-refractivity contribution in [3.05, 3.63) is 64.7 Å². The fraction of sp³-hybridized carbons (Fsp3) is 0.316. The molecule has 1 N–H and O–H groups in total. The molecule has 1 aliphatic rings. The van der Waals surface area contributed by atoms with Crippen LogP contribution in [0.4, 0.5) is 13.2 Å². The van der Waals surface area contributed by atoms with Gasteiger partial charge < -0.3 is 5.32 Å². The molecule has 0 radical (unpaired) electrons. The number of nitrogens with one attached hydrogen (secondary N) is 1. The highest BCUT2D eigenvalue weighted by Crippen LogP contribution is 2.46. The third kappa shape index (κ3) is 3.92. The van der Waals surface area contributed by atoms with E-state index in [0.717, 1.165) is 22.8 Å². The molecule has 0 saturated carbocycles. The fourth-order valence-corrected chi connectivity index (χ4v) is 2.96. The second kappa shape index (κ2) is 6.90. The largest absolute Gasteiger partial charge is 0.433 e. The Bertz CT molecular complexity index is 860. The van der Waals surface area contributed by atoms with Crippen molar-refractivity contribution >= 4 is 11.5 Å². The van der Waals surface area contributed by atoms with Crippen molar-refractivity contribution in [2.75, 3.05) is 6.54 Å². The summed E-state index contributed by atoms with van der Waals surface area (Å²) in [6.07, 6.45) is -4.37. The van der Waals surface area contributed by atoms with Gasteiger partial charge in [0.1, 0.15) is 11.5 Å². The van der Waals surface area contributed by atoms with E-state index in [0.29, 0.717) is 0 Å². The number of halogens is 3. The highest BCUT2D eigenvalue weighted by atomic mass is 19.4. The molecule has 4 nitrogen and oxygen atoms in total. The van der Waals surface area contributed by atoms with Crippen LogP contribution in [-0.2, 0) is 17.4 Å². The Morgan fingerprint density at radius 2 is 1.85 bits per heavy atom. The summed E-state index contributed by atoms with van der Waals surface area (Å²) >= 11 is 0. The van der Waals surface area contributed by atoms with Gasteiger partial charge in [-0.25, -0.2) is 9.97 Å². The number of hydrogen-bond acceptors (Lipinski definition) is 3. The molecular formula is C19H18F3N3O. The van der Waals surface area contributed by atoms with Crippen molar-refractivity contribution in [1.82, 2.24) is 15.3 Å². The standard InChI is InChI=1S/C19H18F3N3O/c1-11-10-14(19(20,21)22)25-15(24-11)8-9-23-18(26)17-12(2)16(17)13-6-4-3-5-7-13/h3-7,10,17H,8-9H2,1-2H3,(H,23,26)/t17-/m1/s1. The molecule has 1 aromatic carbocycles. The molecule has 0 bridgehead atoms. The van der Waals surface area contributed by atoms with Crippen molar-refractivity contribution in [3.8, 4) is 0 Å². The monoisotopic (exact) mass is 361 g/mol. The van der Waals surface area contributed by atoms with Gasteiger partial charge in [-0.3, -0.25) is 4.79 Å². The van der Waals surface area contributed by atoms with Crippen LogP contribution in [0, 0.1) is 12.8 Å². The van der Waals surface area contributed by atoms with Crippen molar-refractivity contribution in [1.29, 1.82) is 0 Å². The van der Waals surface area contributed by atoms with Gasteiger partial charge in [0.25, 0.3) is 0 Å². The zero-order valence-corrected chi connectivity index (χ0v) is 14.4. The minimum atomic E-state index is -4.51. The molecule has 0 unspecified atom stereocenters. The van der Waals surface area contributed by atoms with Crippen LogP contribution in [0.1, 0.15) is 29.7 Å². The summed E-state index contributed by atoms with van der Waals surface area (Å²) < 4.78 is 38.4. The number of benzene rings is 1. The van der Waals surface area contributed by atoms with Crippen LogP contribution < -0.4 is 5.32 Å². The quantitative estimate of drug-likeness (QED) is 0.886. The van der Waals surface area contributed by atoms with E-state index in [1.807, 2.05) is 37.3 Å². The van der Waals surface area contributed by atoms with Crippen LogP contribution in [0.25, 0.3) is 5.57 Å². The van der Waals surface area contributed by atoms with E-state index in [9.17, 15) is 18.0 Å². The molecule has 7 heteroatoms. The molecule has 136 valence electrons. The van der Waals surface area contributed by atoms with E-state index >= 15 is 0 Å². The first kappa shape index (κ1) is 18.1. The lowest BCUT2D eigenvalue weighted by atomic mass is 10.1. The predicted molar refractivity (Wildman–Crippen MR) is 91.0 cm³/mol. The van der Waals surface area contributed by atoms with Crippen LogP contribution in [0.3, 0.4) is 0 Å². The highest BCUT2D eigenvalue weighted by Gasteiger charge is 2.39. The summed E-state index contributed by atoms with van der Waals surface area (Å²) in [6, 6.07) is 10.5. The van der Waals surface area contributed by atoms with Crippen molar-refractivity contribution in [2.24, 2.45) is 5.92 Å². The summed E-state index contributed by atoms with van der Waals surface area (Å²) in [5, 5.41) is 2.76. The van der Waals surface area contributed by atoms with Gasteiger partial charge in [-0.2, -0.15) is 13.2 Å². The summed E-state index contributed by atoms with van der Waals surface area (Å²) in [7, 11) is 0. The summed E-state index contributed by atoms with van der Waals surface area (Å²) in [4.78, 5) is 19.9. The lowest BCUT2D eigenvalue weighted by Crippen LogP contribution is -2.29. The summed E-state index contributed by atoms with van der Waals surface area (Å²) in [5.41, 5.74) is 2.33. The highest BCUT2D eigenvalue weighted by molar-refractivity contribution is 6.05. The molecule has 26 heavy (non-hydrogen) atoms. The average molecular weight is 361 g/mol. The molecule has 1 aromatic heterocycles. The zero-order chi connectivity index (χ0) is 18.9. The topological polar surface area (TPSA) is 54.9 Å². The second-order valence-corrected chi connectivity index (χ2v) is 6.25. The van der Waals surface area contributed by atoms with Gasteiger partial charge in [-0.05, 0) is 31.1 Å². The van der Waals surface area contributed by atoms with E-state index in [2.05, 4.69) is 15.3 Å². The van der Waals surface area contributed by atoms with E-state index in [-0.39, 0.29) is 36.3 Å². The van der Waals surface area contributed by atoms with Gasteiger partial charge in [0.05, 0.1) is 5.92 Å².